The molecule has 0 N–H and O–H groups in total. The maximum absolute atomic E-state index is 12.4. The second-order valence-corrected chi connectivity index (χ2v) is 4.62. The number of carbonyl (C=O) groups excluding carboxylic acids is 1. The number of methoxy groups -OCH3 is 1. The number of aromatic nitrogens is 1. The molecule has 1 fully saturated rings. The van der Waals surface area contributed by atoms with E-state index in [0.717, 1.165) is 31.6 Å². The topological polar surface area (TPSA) is 55.6 Å². The van der Waals surface area contributed by atoms with Crippen molar-refractivity contribution < 1.29 is 13.9 Å². The number of carbonyl (C=O) groups is 1. The predicted octanol–water partition coefficient (Wildman–Crippen LogP) is 2.05. The molecular weight excluding hydrogens is 232 g/mol. The summed E-state index contributed by atoms with van der Waals surface area (Å²) >= 11 is 0. The number of hydrogen-bond donors (Lipinski definition) is 0. The van der Waals surface area contributed by atoms with Crippen LogP contribution in [0, 0.1) is 0 Å². The van der Waals surface area contributed by atoms with Crippen LogP contribution in [0.4, 0.5) is 0 Å². The smallest absolute Gasteiger partial charge is 0.276 e. The van der Waals surface area contributed by atoms with Crippen molar-refractivity contribution in [2.24, 2.45) is 0 Å². The van der Waals surface area contributed by atoms with E-state index in [9.17, 15) is 4.79 Å². The molecule has 1 aromatic rings. The largest absolute Gasteiger partial charge is 0.447 e. The van der Waals surface area contributed by atoms with Crippen LogP contribution < -0.4 is 0 Å². The molecule has 0 bridgehead atoms. The molecule has 0 radical (unpaired) electrons. The molecule has 18 heavy (non-hydrogen) atoms. The number of oxazole rings is 1. The Bertz CT molecular complexity index is 399. The third-order valence-electron chi connectivity index (χ3n) is 3.09. The lowest BCUT2D eigenvalue weighted by molar-refractivity contribution is 0.0688. The van der Waals surface area contributed by atoms with Crippen molar-refractivity contribution >= 4 is 5.91 Å². The summed E-state index contributed by atoms with van der Waals surface area (Å²) in [5.74, 6) is 1.13. The molecule has 5 heteroatoms. The first kappa shape index (κ1) is 13.1. The van der Waals surface area contributed by atoms with Crippen LogP contribution in [0.1, 0.15) is 48.4 Å². The van der Waals surface area contributed by atoms with Gasteiger partial charge in [-0.15, -0.1) is 0 Å². The average Bonchev–Trinajstić information content (AvgIpc) is 3.11. The van der Waals surface area contributed by atoms with Gasteiger partial charge in [-0.1, -0.05) is 6.92 Å². The molecule has 1 aromatic heterocycles. The van der Waals surface area contributed by atoms with Gasteiger partial charge in [-0.25, -0.2) is 4.98 Å². The molecule has 1 heterocycles. The minimum atomic E-state index is -0.0375. The Morgan fingerprint density at radius 1 is 1.56 bits per heavy atom. The van der Waals surface area contributed by atoms with E-state index in [0.29, 0.717) is 24.8 Å². The fourth-order valence-corrected chi connectivity index (χ4v) is 1.99. The summed E-state index contributed by atoms with van der Waals surface area (Å²) < 4.78 is 10.4. The third kappa shape index (κ3) is 2.90. The number of rotatable bonds is 7. The Hall–Kier alpha value is -1.36. The fraction of sp³-hybridized carbons (Fsp3) is 0.692. The summed E-state index contributed by atoms with van der Waals surface area (Å²) in [6.07, 6.45) is 4.50. The van der Waals surface area contributed by atoms with E-state index in [-0.39, 0.29) is 5.91 Å². The van der Waals surface area contributed by atoms with Gasteiger partial charge in [0.25, 0.3) is 5.91 Å². The van der Waals surface area contributed by atoms with E-state index in [2.05, 4.69) is 11.9 Å². The molecule has 0 spiro atoms. The van der Waals surface area contributed by atoms with Gasteiger partial charge >= 0.3 is 0 Å². The second kappa shape index (κ2) is 6.00. The van der Waals surface area contributed by atoms with E-state index >= 15 is 0 Å². The van der Waals surface area contributed by atoms with E-state index in [4.69, 9.17) is 9.15 Å². The maximum atomic E-state index is 12.4. The van der Waals surface area contributed by atoms with Gasteiger partial charge in [0, 0.05) is 26.1 Å². The average molecular weight is 252 g/mol. The quantitative estimate of drug-likeness (QED) is 0.745. The molecule has 1 aliphatic rings. The Labute approximate surface area is 107 Å². The zero-order chi connectivity index (χ0) is 13.0. The summed E-state index contributed by atoms with van der Waals surface area (Å²) in [6, 6.07) is 0. The van der Waals surface area contributed by atoms with E-state index < -0.39 is 0 Å². The molecule has 0 aliphatic heterocycles. The summed E-state index contributed by atoms with van der Waals surface area (Å²) in [5, 5.41) is 0. The highest BCUT2D eigenvalue weighted by atomic mass is 16.5. The molecule has 0 aromatic carbocycles. The zero-order valence-corrected chi connectivity index (χ0v) is 11.0. The summed E-state index contributed by atoms with van der Waals surface area (Å²) in [6.45, 7) is 3.92. The van der Waals surface area contributed by atoms with Crippen LogP contribution in [0.3, 0.4) is 0 Å². The number of ether oxygens (including phenoxy) is 1. The maximum Gasteiger partial charge on any atom is 0.276 e. The Morgan fingerprint density at radius 2 is 2.33 bits per heavy atom. The van der Waals surface area contributed by atoms with E-state index in [1.54, 1.807) is 12.0 Å². The zero-order valence-electron chi connectivity index (χ0n) is 11.0. The normalized spacial score (nSPS) is 14.8. The first-order valence-electron chi connectivity index (χ1n) is 6.49. The molecule has 0 atom stereocenters. The Balaban J connectivity index is 2.08. The van der Waals surface area contributed by atoms with Crippen LogP contribution in [0.25, 0.3) is 0 Å². The molecule has 100 valence electrons. The van der Waals surface area contributed by atoms with Gasteiger partial charge in [0.2, 0.25) is 0 Å². The van der Waals surface area contributed by atoms with Gasteiger partial charge in [0.15, 0.2) is 12.1 Å². The van der Waals surface area contributed by atoms with Crippen molar-refractivity contribution in [3.8, 4) is 0 Å². The molecule has 1 saturated carbocycles. The molecule has 0 unspecified atom stereocenters. The van der Waals surface area contributed by atoms with Crippen LogP contribution in [0.2, 0.25) is 0 Å². The van der Waals surface area contributed by atoms with Crippen molar-refractivity contribution in [1.82, 2.24) is 9.88 Å². The highest BCUT2D eigenvalue weighted by Crippen LogP contribution is 2.41. The summed E-state index contributed by atoms with van der Waals surface area (Å²) in [4.78, 5) is 18.3. The van der Waals surface area contributed by atoms with Crippen LogP contribution in [0.15, 0.2) is 10.8 Å². The second-order valence-electron chi connectivity index (χ2n) is 4.62. The van der Waals surface area contributed by atoms with E-state index in [1.165, 1.54) is 6.39 Å². The molecular formula is C13H20N2O3. The van der Waals surface area contributed by atoms with Crippen molar-refractivity contribution in [1.29, 1.82) is 0 Å². The molecule has 1 aliphatic carbocycles. The predicted molar refractivity (Wildman–Crippen MR) is 66.5 cm³/mol. The van der Waals surface area contributed by atoms with Crippen molar-refractivity contribution in [3.05, 3.63) is 17.8 Å². The monoisotopic (exact) mass is 252 g/mol. The van der Waals surface area contributed by atoms with Gasteiger partial charge in [-0.05, 0) is 19.3 Å². The van der Waals surface area contributed by atoms with Crippen LogP contribution in [-0.2, 0) is 4.74 Å². The molecule has 1 amide bonds. The highest BCUT2D eigenvalue weighted by molar-refractivity contribution is 5.93. The summed E-state index contributed by atoms with van der Waals surface area (Å²) in [5.41, 5.74) is 0.488. The standard InChI is InChI=1S/C13H20N2O3/c1-3-6-15(7-8-17-2)13(16)11-12(10-4-5-10)18-9-14-11/h9-10H,3-8H2,1-2H3. The van der Waals surface area contributed by atoms with Crippen LogP contribution in [-0.4, -0.2) is 42.6 Å². The Kier molecular flexibility index (Phi) is 4.36. The van der Waals surface area contributed by atoms with Crippen molar-refractivity contribution in [2.45, 2.75) is 32.1 Å². The number of amides is 1. The lowest BCUT2D eigenvalue weighted by Crippen LogP contribution is -2.35. The highest BCUT2D eigenvalue weighted by Gasteiger charge is 2.33. The first-order chi connectivity index (χ1) is 8.77. The van der Waals surface area contributed by atoms with Crippen LogP contribution in [0.5, 0.6) is 0 Å². The molecule has 0 saturated heterocycles. The third-order valence-corrected chi connectivity index (χ3v) is 3.09. The van der Waals surface area contributed by atoms with E-state index in [1.807, 2.05) is 0 Å². The minimum Gasteiger partial charge on any atom is -0.447 e. The van der Waals surface area contributed by atoms with Gasteiger partial charge in [-0.2, -0.15) is 0 Å². The number of hydrogen-bond acceptors (Lipinski definition) is 4. The van der Waals surface area contributed by atoms with Gasteiger partial charge < -0.3 is 14.1 Å². The lowest BCUT2D eigenvalue weighted by atomic mass is 10.2. The lowest BCUT2D eigenvalue weighted by Gasteiger charge is -2.20. The minimum absolute atomic E-state index is 0.0375. The number of nitrogens with zero attached hydrogens (tertiary/aromatic N) is 2. The SMILES string of the molecule is CCCN(CCOC)C(=O)c1ncoc1C1CC1. The van der Waals surface area contributed by atoms with Crippen molar-refractivity contribution in [2.75, 3.05) is 26.8 Å². The first-order valence-corrected chi connectivity index (χ1v) is 6.49. The van der Waals surface area contributed by atoms with Gasteiger partial charge in [-0.3, -0.25) is 4.79 Å². The Morgan fingerprint density at radius 3 is 2.94 bits per heavy atom. The van der Waals surface area contributed by atoms with Gasteiger partial charge in [0.1, 0.15) is 5.76 Å². The van der Waals surface area contributed by atoms with Crippen LogP contribution >= 0.6 is 0 Å². The molecule has 2 rings (SSSR count). The molecule has 5 nitrogen and oxygen atoms in total. The van der Waals surface area contributed by atoms with Gasteiger partial charge in [0.05, 0.1) is 6.61 Å². The fourth-order valence-electron chi connectivity index (χ4n) is 1.99. The summed E-state index contributed by atoms with van der Waals surface area (Å²) in [7, 11) is 1.64. The van der Waals surface area contributed by atoms with Crippen molar-refractivity contribution in [3.63, 3.8) is 0 Å².